The lowest BCUT2D eigenvalue weighted by molar-refractivity contribution is -0.128. The van der Waals surface area contributed by atoms with Gasteiger partial charge in [-0.05, 0) is 37.7 Å². The molecule has 0 spiro atoms. The fourth-order valence-corrected chi connectivity index (χ4v) is 2.58. The maximum atomic E-state index is 12.4. The molecule has 1 aromatic rings. The standard InChI is InChI=1S/C18H28N2O2/c1-13(2)12-14(3)19-18(22)17(20-15(4)21)11-10-16-8-6-5-7-9-16/h5-9,13-14,17H,10-12H2,1-4H3,(H,19,22)(H,20,21)/t14?,17-/m0/s1. The Bertz CT molecular complexity index is 471. The average molecular weight is 304 g/mol. The van der Waals surface area contributed by atoms with Crippen LogP contribution >= 0.6 is 0 Å². The van der Waals surface area contributed by atoms with E-state index in [0.29, 0.717) is 12.3 Å². The molecular formula is C18H28N2O2. The smallest absolute Gasteiger partial charge is 0.242 e. The fourth-order valence-electron chi connectivity index (χ4n) is 2.58. The highest BCUT2D eigenvalue weighted by Gasteiger charge is 2.21. The van der Waals surface area contributed by atoms with Crippen LogP contribution in [0.15, 0.2) is 30.3 Å². The van der Waals surface area contributed by atoms with Gasteiger partial charge in [-0.15, -0.1) is 0 Å². The van der Waals surface area contributed by atoms with E-state index in [1.807, 2.05) is 37.3 Å². The van der Waals surface area contributed by atoms with Gasteiger partial charge in [-0.2, -0.15) is 0 Å². The molecule has 0 radical (unpaired) electrons. The van der Waals surface area contributed by atoms with E-state index in [0.717, 1.165) is 12.8 Å². The van der Waals surface area contributed by atoms with Gasteiger partial charge in [0.1, 0.15) is 6.04 Å². The number of rotatable bonds is 8. The summed E-state index contributed by atoms with van der Waals surface area (Å²) in [4.78, 5) is 23.7. The van der Waals surface area contributed by atoms with Crippen molar-refractivity contribution in [3.63, 3.8) is 0 Å². The number of nitrogens with one attached hydrogen (secondary N) is 2. The first-order valence-electron chi connectivity index (χ1n) is 8.00. The van der Waals surface area contributed by atoms with Crippen LogP contribution in [0.25, 0.3) is 0 Å². The van der Waals surface area contributed by atoms with E-state index in [2.05, 4.69) is 24.5 Å². The molecule has 1 unspecified atom stereocenters. The van der Waals surface area contributed by atoms with Gasteiger partial charge in [0.15, 0.2) is 0 Å². The first-order chi connectivity index (χ1) is 10.4. The van der Waals surface area contributed by atoms with Crippen molar-refractivity contribution in [3.8, 4) is 0 Å². The van der Waals surface area contributed by atoms with Crippen molar-refractivity contribution in [1.29, 1.82) is 0 Å². The molecule has 1 aromatic carbocycles. The summed E-state index contributed by atoms with van der Waals surface area (Å²) in [7, 11) is 0. The number of carbonyl (C=O) groups excluding carboxylic acids is 2. The van der Waals surface area contributed by atoms with Crippen LogP contribution in [0.5, 0.6) is 0 Å². The fraction of sp³-hybridized carbons (Fsp3) is 0.556. The molecule has 2 atom stereocenters. The molecule has 0 aromatic heterocycles. The summed E-state index contributed by atoms with van der Waals surface area (Å²) >= 11 is 0. The molecule has 1 rings (SSSR count). The molecule has 0 fully saturated rings. The van der Waals surface area contributed by atoms with Crippen LogP contribution in [-0.2, 0) is 16.0 Å². The molecule has 2 N–H and O–H groups in total. The molecule has 0 aliphatic rings. The molecule has 0 saturated heterocycles. The Balaban J connectivity index is 2.59. The largest absolute Gasteiger partial charge is 0.352 e. The lowest BCUT2D eigenvalue weighted by atomic mass is 10.0. The summed E-state index contributed by atoms with van der Waals surface area (Å²) in [5, 5.41) is 5.76. The molecule has 2 amide bonds. The Morgan fingerprint density at radius 2 is 1.68 bits per heavy atom. The minimum absolute atomic E-state index is 0.0979. The van der Waals surface area contributed by atoms with Crippen molar-refractivity contribution in [2.24, 2.45) is 5.92 Å². The molecule has 0 aliphatic carbocycles. The molecule has 0 bridgehead atoms. The van der Waals surface area contributed by atoms with E-state index in [4.69, 9.17) is 0 Å². The predicted molar refractivity (Wildman–Crippen MR) is 89.4 cm³/mol. The second-order valence-corrected chi connectivity index (χ2v) is 6.32. The highest BCUT2D eigenvalue weighted by molar-refractivity contribution is 5.86. The Morgan fingerprint density at radius 3 is 2.23 bits per heavy atom. The second kappa shape index (κ2) is 9.23. The molecule has 22 heavy (non-hydrogen) atoms. The van der Waals surface area contributed by atoms with Crippen molar-refractivity contribution < 1.29 is 9.59 Å². The quantitative estimate of drug-likeness (QED) is 0.776. The van der Waals surface area contributed by atoms with Gasteiger partial charge in [-0.3, -0.25) is 9.59 Å². The topological polar surface area (TPSA) is 58.2 Å². The third kappa shape index (κ3) is 7.25. The Hall–Kier alpha value is -1.84. The molecule has 0 saturated carbocycles. The van der Waals surface area contributed by atoms with Crippen molar-refractivity contribution in [2.45, 2.75) is 59.0 Å². The SMILES string of the molecule is CC(=O)N[C@@H](CCc1ccccc1)C(=O)NC(C)CC(C)C. The highest BCUT2D eigenvalue weighted by Crippen LogP contribution is 2.07. The minimum atomic E-state index is -0.479. The molecule has 4 heteroatoms. The third-order valence-electron chi connectivity index (χ3n) is 3.47. The number of benzene rings is 1. The number of aryl methyl sites for hydroxylation is 1. The van der Waals surface area contributed by atoms with E-state index in [1.54, 1.807) is 0 Å². The number of hydrogen-bond acceptors (Lipinski definition) is 2. The van der Waals surface area contributed by atoms with Gasteiger partial charge in [-0.25, -0.2) is 0 Å². The zero-order chi connectivity index (χ0) is 16.5. The van der Waals surface area contributed by atoms with E-state index < -0.39 is 6.04 Å². The maximum Gasteiger partial charge on any atom is 0.242 e. The Kier molecular flexibility index (Phi) is 7.64. The molecule has 0 aliphatic heterocycles. The number of amides is 2. The number of hydrogen-bond donors (Lipinski definition) is 2. The van der Waals surface area contributed by atoms with Gasteiger partial charge in [0.05, 0.1) is 0 Å². The van der Waals surface area contributed by atoms with Gasteiger partial charge in [0, 0.05) is 13.0 Å². The minimum Gasteiger partial charge on any atom is -0.352 e. The summed E-state index contributed by atoms with van der Waals surface area (Å²) in [5.74, 6) is 0.253. The first kappa shape index (κ1) is 18.2. The Morgan fingerprint density at radius 1 is 1.05 bits per heavy atom. The van der Waals surface area contributed by atoms with Crippen molar-refractivity contribution >= 4 is 11.8 Å². The van der Waals surface area contributed by atoms with Crippen LogP contribution in [0.2, 0.25) is 0 Å². The monoisotopic (exact) mass is 304 g/mol. The number of carbonyl (C=O) groups is 2. The van der Waals surface area contributed by atoms with Crippen molar-refractivity contribution in [2.75, 3.05) is 0 Å². The lowest BCUT2D eigenvalue weighted by Gasteiger charge is -2.22. The zero-order valence-corrected chi connectivity index (χ0v) is 14.1. The van der Waals surface area contributed by atoms with Crippen LogP contribution in [0.1, 0.15) is 46.1 Å². The van der Waals surface area contributed by atoms with Crippen molar-refractivity contribution in [3.05, 3.63) is 35.9 Å². The normalized spacial score (nSPS) is 13.5. The third-order valence-corrected chi connectivity index (χ3v) is 3.47. The van der Waals surface area contributed by atoms with Crippen molar-refractivity contribution in [1.82, 2.24) is 10.6 Å². The van der Waals surface area contributed by atoms with Crippen LogP contribution in [-0.4, -0.2) is 23.9 Å². The summed E-state index contributed by atoms with van der Waals surface area (Å²) in [6.07, 6.45) is 2.29. The average Bonchev–Trinajstić information content (AvgIpc) is 2.43. The van der Waals surface area contributed by atoms with Gasteiger partial charge in [0.2, 0.25) is 11.8 Å². The summed E-state index contributed by atoms with van der Waals surface area (Å²) in [5.41, 5.74) is 1.17. The predicted octanol–water partition coefficient (Wildman–Crippen LogP) is 2.67. The van der Waals surface area contributed by atoms with Crippen LogP contribution in [0.3, 0.4) is 0 Å². The molecular weight excluding hydrogens is 276 g/mol. The van der Waals surface area contributed by atoms with Crippen LogP contribution in [0.4, 0.5) is 0 Å². The molecule has 122 valence electrons. The molecule has 0 heterocycles. The van der Waals surface area contributed by atoms with Crippen LogP contribution < -0.4 is 10.6 Å². The first-order valence-corrected chi connectivity index (χ1v) is 8.00. The van der Waals surface area contributed by atoms with E-state index in [1.165, 1.54) is 12.5 Å². The maximum absolute atomic E-state index is 12.4. The van der Waals surface area contributed by atoms with Gasteiger partial charge in [0.25, 0.3) is 0 Å². The van der Waals surface area contributed by atoms with E-state index >= 15 is 0 Å². The summed E-state index contributed by atoms with van der Waals surface area (Å²) in [6, 6.07) is 9.62. The van der Waals surface area contributed by atoms with Gasteiger partial charge in [-0.1, -0.05) is 44.2 Å². The van der Waals surface area contributed by atoms with Crippen LogP contribution in [0, 0.1) is 5.92 Å². The van der Waals surface area contributed by atoms with E-state index in [-0.39, 0.29) is 17.9 Å². The summed E-state index contributed by atoms with van der Waals surface area (Å²) in [6.45, 7) is 7.70. The lowest BCUT2D eigenvalue weighted by Crippen LogP contribution is -2.49. The molecule has 4 nitrogen and oxygen atoms in total. The zero-order valence-electron chi connectivity index (χ0n) is 14.1. The second-order valence-electron chi connectivity index (χ2n) is 6.32. The van der Waals surface area contributed by atoms with Gasteiger partial charge < -0.3 is 10.6 Å². The van der Waals surface area contributed by atoms with E-state index in [9.17, 15) is 9.59 Å². The Labute approximate surface area is 133 Å². The van der Waals surface area contributed by atoms with Gasteiger partial charge >= 0.3 is 0 Å². The summed E-state index contributed by atoms with van der Waals surface area (Å²) < 4.78 is 0. The highest BCUT2D eigenvalue weighted by atomic mass is 16.2.